The SMILES string of the molecule is CN(C)S(=O)(=O)c1cccc(NC(=O)COC(=O)[C@@H]2CCCN2C(=O)c2ccco2)c1. The number of ether oxygens (including phenoxy) is 1. The summed E-state index contributed by atoms with van der Waals surface area (Å²) in [5.41, 5.74) is 0.250. The van der Waals surface area contributed by atoms with Crippen molar-refractivity contribution in [3.05, 3.63) is 48.4 Å². The highest BCUT2D eigenvalue weighted by Gasteiger charge is 2.36. The van der Waals surface area contributed by atoms with Crippen molar-refractivity contribution in [1.82, 2.24) is 9.21 Å². The highest BCUT2D eigenvalue weighted by atomic mass is 32.2. The lowest BCUT2D eigenvalue weighted by atomic mass is 10.2. The summed E-state index contributed by atoms with van der Waals surface area (Å²) in [6, 6.07) is 8.05. The van der Waals surface area contributed by atoms with Gasteiger partial charge in [-0.1, -0.05) is 6.07 Å². The van der Waals surface area contributed by atoms with Crippen LogP contribution in [-0.2, 0) is 24.3 Å². The zero-order valence-corrected chi connectivity index (χ0v) is 17.9. The van der Waals surface area contributed by atoms with Crippen LogP contribution in [0.3, 0.4) is 0 Å². The van der Waals surface area contributed by atoms with Gasteiger partial charge in [0.05, 0.1) is 11.2 Å². The van der Waals surface area contributed by atoms with Crippen molar-refractivity contribution < 1.29 is 32.0 Å². The van der Waals surface area contributed by atoms with E-state index in [0.29, 0.717) is 19.4 Å². The van der Waals surface area contributed by atoms with E-state index in [2.05, 4.69) is 5.32 Å². The van der Waals surface area contributed by atoms with E-state index in [0.717, 1.165) is 4.31 Å². The zero-order valence-electron chi connectivity index (χ0n) is 17.1. The molecule has 1 N–H and O–H groups in total. The maximum Gasteiger partial charge on any atom is 0.329 e. The molecule has 0 aliphatic carbocycles. The highest BCUT2D eigenvalue weighted by Crippen LogP contribution is 2.22. The quantitative estimate of drug-likeness (QED) is 0.632. The molecule has 0 saturated carbocycles. The molecule has 3 rings (SSSR count). The van der Waals surface area contributed by atoms with E-state index >= 15 is 0 Å². The normalized spacial score (nSPS) is 16.4. The van der Waals surface area contributed by atoms with Crippen LogP contribution in [0, 0.1) is 0 Å². The number of nitrogens with zero attached hydrogens (tertiary/aromatic N) is 2. The Kier molecular flexibility index (Phi) is 6.76. The Balaban J connectivity index is 1.57. The van der Waals surface area contributed by atoms with Crippen LogP contribution < -0.4 is 5.32 Å². The molecule has 0 bridgehead atoms. The number of nitrogens with one attached hydrogen (secondary N) is 1. The Hall–Kier alpha value is -3.18. The number of sulfonamides is 1. The first kappa shape index (κ1) is 22.5. The van der Waals surface area contributed by atoms with Crippen LogP contribution in [0.15, 0.2) is 52.0 Å². The standard InChI is InChI=1S/C20H23N3O7S/c1-22(2)31(27,28)15-7-3-6-14(12-15)21-18(24)13-30-20(26)16-8-4-10-23(16)19(25)17-9-5-11-29-17/h3,5-7,9,11-12,16H,4,8,10,13H2,1-2H3,(H,21,24)/t16-/m0/s1. The van der Waals surface area contributed by atoms with Crippen molar-refractivity contribution in [1.29, 1.82) is 0 Å². The molecule has 0 spiro atoms. The number of carbonyl (C=O) groups is 3. The van der Waals surface area contributed by atoms with Crippen LogP contribution in [0.4, 0.5) is 5.69 Å². The maximum atomic E-state index is 12.5. The molecule has 1 aliphatic rings. The molecule has 2 aromatic rings. The molecule has 0 unspecified atom stereocenters. The van der Waals surface area contributed by atoms with Gasteiger partial charge < -0.3 is 19.4 Å². The molecule has 2 amide bonds. The topological polar surface area (TPSA) is 126 Å². The first-order valence-electron chi connectivity index (χ1n) is 9.53. The van der Waals surface area contributed by atoms with Crippen molar-refractivity contribution >= 4 is 33.5 Å². The highest BCUT2D eigenvalue weighted by molar-refractivity contribution is 7.89. The fourth-order valence-electron chi connectivity index (χ4n) is 3.17. The number of benzene rings is 1. The number of furan rings is 1. The molecule has 11 heteroatoms. The van der Waals surface area contributed by atoms with Gasteiger partial charge in [0.2, 0.25) is 10.0 Å². The van der Waals surface area contributed by atoms with E-state index in [1.54, 1.807) is 6.07 Å². The summed E-state index contributed by atoms with van der Waals surface area (Å²) in [6.07, 6.45) is 2.43. The van der Waals surface area contributed by atoms with E-state index in [1.807, 2.05) is 0 Å². The van der Waals surface area contributed by atoms with E-state index < -0.39 is 40.5 Å². The molecule has 1 fully saturated rings. The lowest BCUT2D eigenvalue weighted by molar-refractivity contribution is -0.151. The minimum atomic E-state index is -3.65. The number of rotatable bonds is 7. The summed E-state index contributed by atoms with van der Waals surface area (Å²) < 4.78 is 35.7. The molecule has 166 valence electrons. The summed E-state index contributed by atoms with van der Waals surface area (Å²) >= 11 is 0. The lowest BCUT2D eigenvalue weighted by Gasteiger charge is -2.22. The third kappa shape index (κ3) is 5.12. The molecule has 1 aliphatic heterocycles. The van der Waals surface area contributed by atoms with Crippen molar-refractivity contribution in [3.63, 3.8) is 0 Å². The zero-order chi connectivity index (χ0) is 22.6. The largest absolute Gasteiger partial charge is 0.459 e. The summed E-state index contributed by atoms with van der Waals surface area (Å²) in [4.78, 5) is 38.5. The Morgan fingerprint density at radius 3 is 2.68 bits per heavy atom. The molecule has 10 nitrogen and oxygen atoms in total. The lowest BCUT2D eigenvalue weighted by Crippen LogP contribution is -2.42. The summed E-state index contributed by atoms with van der Waals surface area (Å²) in [5, 5.41) is 2.50. The summed E-state index contributed by atoms with van der Waals surface area (Å²) in [5.74, 6) is -1.59. The van der Waals surface area contributed by atoms with Crippen LogP contribution >= 0.6 is 0 Å². The van der Waals surface area contributed by atoms with Gasteiger partial charge in [-0.15, -0.1) is 0 Å². The van der Waals surface area contributed by atoms with Gasteiger partial charge in [-0.2, -0.15) is 0 Å². The second-order valence-electron chi connectivity index (χ2n) is 7.11. The van der Waals surface area contributed by atoms with Crippen LogP contribution in [0.5, 0.6) is 0 Å². The number of hydrogen-bond donors (Lipinski definition) is 1. The molecule has 31 heavy (non-hydrogen) atoms. The van der Waals surface area contributed by atoms with Gasteiger partial charge in [-0.05, 0) is 43.2 Å². The van der Waals surface area contributed by atoms with Crippen molar-refractivity contribution in [2.24, 2.45) is 0 Å². The number of anilines is 1. The van der Waals surface area contributed by atoms with Crippen LogP contribution in [0.25, 0.3) is 0 Å². The Morgan fingerprint density at radius 1 is 1.23 bits per heavy atom. The Labute approximate surface area is 179 Å². The van der Waals surface area contributed by atoms with E-state index in [-0.39, 0.29) is 16.3 Å². The van der Waals surface area contributed by atoms with Gasteiger partial charge in [0.15, 0.2) is 12.4 Å². The van der Waals surface area contributed by atoms with Crippen LogP contribution in [0.1, 0.15) is 23.4 Å². The second kappa shape index (κ2) is 9.31. The van der Waals surface area contributed by atoms with E-state index in [4.69, 9.17) is 9.15 Å². The van der Waals surface area contributed by atoms with Crippen LogP contribution in [0.2, 0.25) is 0 Å². The third-order valence-electron chi connectivity index (χ3n) is 4.76. The minimum Gasteiger partial charge on any atom is -0.459 e. The number of hydrogen-bond acceptors (Lipinski definition) is 7. The fourth-order valence-corrected chi connectivity index (χ4v) is 4.12. The fraction of sp³-hybridized carbons (Fsp3) is 0.350. The first-order chi connectivity index (χ1) is 14.7. The third-order valence-corrected chi connectivity index (χ3v) is 6.57. The van der Waals surface area contributed by atoms with Crippen LogP contribution in [-0.4, -0.2) is 68.7 Å². The van der Waals surface area contributed by atoms with Gasteiger partial charge in [0, 0.05) is 26.3 Å². The van der Waals surface area contributed by atoms with Gasteiger partial charge in [-0.3, -0.25) is 9.59 Å². The first-order valence-corrected chi connectivity index (χ1v) is 11.0. The predicted octanol–water partition coefficient (Wildman–Crippen LogP) is 1.32. The number of esters is 1. The van der Waals surface area contributed by atoms with Gasteiger partial charge in [0.25, 0.3) is 11.8 Å². The summed E-state index contributed by atoms with van der Waals surface area (Å²) in [7, 11) is -0.842. The average Bonchev–Trinajstić information content (AvgIpc) is 3.43. The predicted molar refractivity (Wildman–Crippen MR) is 110 cm³/mol. The number of amides is 2. The summed E-state index contributed by atoms with van der Waals surface area (Å²) in [6.45, 7) is -0.179. The molecule has 1 aromatic carbocycles. The number of likely N-dealkylation sites (tertiary alicyclic amines) is 1. The molecule has 1 saturated heterocycles. The maximum absolute atomic E-state index is 12.5. The molecule has 1 atom stereocenters. The number of carbonyl (C=O) groups excluding carboxylic acids is 3. The van der Waals surface area contributed by atoms with Gasteiger partial charge in [0.1, 0.15) is 6.04 Å². The van der Waals surface area contributed by atoms with Gasteiger partial charge >= 0.3 is 5.97 Å². The van der Waals surface area contributed by atoms with E-state index in [1.165, 1.54) is 55.6 Å². The van der Waals surface area contributed by atoms with E-state index in [9.17, 15) is 22.8 Å². The smallest absolute Gasteiger partial charge is 0.329 e. The van der Waals surface area contributed by atoms with Gasteiger partial charge in [-0.25, -0.2) is 17.5 Å². The molecule has 1 aromatic heterocycles. The molecular weight excluding hydrogens is 426 g/mol. The molecule has 2 heterocycles. The minimum absolute atomic E-state index is 0.0188. The van der Waals surface area contributed by atoms with Crippen molar-refractivity contribution in [2.45, 2.75) is 23.8 Å². The Morgan fingerprint density at radius 2 is 2.00 bits per heavy atom. The monoisotopic (exact) mass is 449 g/mol. The molecular formula is C20H23N3O7S. The Bertz CT molecular complexity index is 1060. The molecule has 0 radical (unpaired) electrons. The van der Waals surface area contributed by atoms with Crippen molar-refractivity contribution in [3.8, 4) is 0 Å². The second-order valence-corrected chi connectivity index (χ2v) is 9.26. The average molecular weight is 449 g/mol. The van der Waals surface area contributed by atoms with Crippen molar-refractivity contribution in [2.75, 3.05) is 32.6 Å².